The molecule has 5 heteroatoms. The Bertz CT molecular complexity index is 498. The van der Waals surface area contributed by atoms with Crippen LogP contribution < -0.4 is 5.32 Å². The van der Waals surface area contributed by atoms with Crippen molar-refractivity contribution in [1.29, 1.82) is 0 Å². The van der Waals surface area contributed by atoms with E-state index in [1.54, 1.807) is 6.20 Å². The summed E-state index contributed by atoms with van der Waals surface area (Å²) in [5.41, 5.74) is 2.33. The molecule has 2 aromatic rings. The van der Waals surface area contributed by atoms with Crippen molar-refractivity contribution in [1.82, 2.24) is 4.98 Å². The van der Waals surface area contributed by atoms with Gasteiger partial charge in [-0.3, -0.25) is 0 Å². The number of thiazole rings is 1. The van der Waals surface area contributed by atoms with E-state index in [0.29, 0.717) is 6.54 Å². The van der Waals surface area contributed by atoms with Gasteiger partial charge in [-0.15, -0.1) is 11.3 Å². The van der Waals surface area contributed by atoms with Gasteiger partial charge in [-0.05, 0) is 30.7 Å². The highest BCUT2D eigenvalue weighted by molar-refractivity contribution is 9.10. The van der Waals surface area contributed by atoms with Crippen molar-refractivity contribution in [3.63, 3.8) is 0 Å². The standard InChI is InChI=1S/C11H10BrClN2S/c1-7-4-8(12)2-3-9(7)14-6-11-15-5-10(13)16-11/h2-5,14H,6H2,1H3. The fraction of sp³-hybridized carbons (Fsp3) is 0.182. The van der Waals surface area contributed by atoms with E-state index >= 15 is 0 Å². The van der Waals surface area contributed by atoms with Gasteiger partial charge in [-0.2, -0.15) is 0 Å². The molecule has 0 fully saturated rings. The number of nitrogens with one attached hydrogen (secondary N) is 1. The number of aryl methyl sites for hydroxylation is 1. The second-order valence-electron chi connectivity index (χ2n) is 3.37. The SMILES string of the molecule is Cc1cc(Br)ccc1NCc1ncc(Cl)s1. The first kappa shape index (κ1) is 11.9. The third kappa shape index (κ3) is 2.97. The molecule has 1 N–H and O–H groups in total. The van der Waals surface area contributed by atoms with Crippen LogP contribution in [0, 0.1) is 6.92 Å². The quantitative estimate of drug-likeness (QED) is 0.903. The minimum atomic E-state index is 0.708. The Labute approximate surface area is 112 Å². The Balaban J connectivity index is 2.04. The second kappa shape index (κ2) is 5.17. The molecule has 0 aliphatic heterocycles. The van der Waals surface area contributed by atoms with Crippen LogP contribution in [0.15, 0.2) is 28.9 Å². The maximum Gasteiger partial charge on any atom is 0.113 e. The fourth-order valence-electron chi connectivity index (χ4n) is 1.37. The molecule has 0 aliphatic rings. The lowest BCUT2D eigenvalue weighted by Gasteiger charge is -2.08. The van der Waals surface area contributed by atoms with Crippen molar-refractivity contribution < 1.29 is 0 Å². The molecular formula is C11H10BrClN2S. The number of benzene rings is 1. The highest BCUT2D eigenvalue weighted by atomic mass is 79.9. The lowest BCUT2D eigenvalue weighted by molar-refractivity contribution is 1.10. The first-order valence-electron chi connectivity index (χ1n) is 4.75. The fourth-order valence-corrected chi connectivity index (χ4v) is 2.74. The Morgan fingerprint density at radius 1 is 1.50 bits per heavy atom. The minimum absolute atomic E-state index is 0.708. The molecule has 0 saturated carbocycles. The van der Waals surface area contributed by atoms with Crippen molar-refractivity contribution in [2.75, 3.05) is 5.32 Å². The van der Waals surface area contributed by atoms with Crippen LogP contribution >= 0.6 is 38.9 Å². The van der Waals surface area contributed by atoms with E-state index in [4.69, 9.17) is 11.6 Å². The summed E-state index contributed by atoms with van der Waals surface area (Å²) in [6, 6.07) is 6.15. The van der Waals surface area contributed by atoms with Crippen LogP contribution in [-0.2, 0) is 6.54 Å². The Morgan fingerprint density at radius 3 is 2.94 bits per heavy atom. The molecule has 2 nitrogen and oxygen atoms in total. The summed E-state index contributed by atoms with van der Waals surface area (Å²) >= 11 is 10.8. The first-order chi connectivity index (χ1) is 7.65. The molecule has 0 amide bonds. The third-order valence-corrected chi connectivity index (χ3v) is 3.75. The van der Waals surface area contributed by atoms with E-state index < -0.39 is 0 Å². The van der Waals surface area contributed by atoms with E-state index in [-0.39, 0.29) is 0 Å². The van der Waals surface area contributed by atoms with Crippen LogP contribution in [0.5, 0.6) is 0 Å². The predicted octanol–water partition coefficient (Wildman–Crippen LogP) is 4.48. The lowest BCUT2D eigenvalue weighted by Crippen LogP contribution is -2.00. The summed E-state index contributed by atoms with van der Waals surface area (Å²) in [7, 11) is 0. The van der Waals surface area contributed by atoms with Gasteiger partial charge in [-0.1, -0.05) is 27.5 Å². The molecule has 0 spiro atoms. The monoisotopic (exact) mass is 316 g/mol. The average molecular weight is 318 g/mol. The van der Waals surface area contributed by atoms with Crippen molar-refractivity contribution >= 4 is 44.6 Å². The molecule has 1 aromatic heterocycles. The van der Waals surface area contributed by atoms with Gasteiger partial charge in [0.2, 0.25) is 0 Å². The lowest BCUT2D eigenvalue weighted by atomic mass is 10.2. The zero-order valence-corrected chi connectivity index (χ0v) is 11.8. The molecule has 0 atom stereocenters. The van der Waals surface area contributed by atoms with Crippen LogP contribution in [0.1, 0.15) is 10.6 Å². The van der Waals surface area contributed by atoms with Gasteiger partial charge in [-0.25, -0.2) is 4.98 Å². The maximum atomic E-state index is 5.82. The summed E-state index contributed by atoms with van der Waals surface area (Å²) < 4.78 is 1.82. The molecular weight excluding hydrogens is 308 g/mol. The van der Waals surface area contributed by atoms with Gasteiger partial charge in [0, 0.05) is 10.2 Å². The Morgan fingerprint density at radius 2 is 2.31 bits per heavy atom. The Hall–Kier alpha value is -0.580. The van der Waals surface area contributed by atoms with E-state index in [9.17, 15) is 0 Å². The van der Waals surface area contributed by atoms with Crippen LogP contribution in [-0.4, -0.2) is 4.98 Å². The van der Waals surface area contributed by atoms with Crippen LogP contribution in [0.3, 0.4) is 0 Å². The van der Waals surface area contributed by atoms with E-state index in [1.807, 2.05) is 6.07 Å². The number of rotatable bonds is 3. The Kier molecular flexibility index (Phi) is 3.84. The van der Waals surface area contributed by atoms with Crippen LogP contribution in [0.25, 0.3) is 0 Å². The van der Waals surface area contributed by atoms with Crippen molar-refractivity contribution in [3.8, 4) is 0 Å². The van der Waals surface area contributed by atoms with Gasteiger partial charge >= 0.3 is 0 Å². The first-order valence-corrected chi connectivity index (χ1v) is 6.74. The number of hydrogen-bond acceptors (Lipinski definition) is 3. The highest BCUT2D eigenvalue weighted by Crippen LogP contribution is 2.22. The third-order valence-electron chi connectivity index (χ3n) is 2.14. The molecule has 0 unspecified atom stereocenters. The highest BCUT2D eigenvalue weighted by Gasteiger charge is 2.02. The zero-order chi connectivity index (χ0) is 11.5. The van der Waals surface area contributed by atoms with Gasteiger partial charge in [0.15, 0.2) is 0 Å². The van der Waals surface area contributed by atoms with Gasteiger partial charge in [0.1, 0.15) is 9.34 Å². The summed E-state index contributed by atoms with van der Waals surface area (Å²) in [6.07, 6.45) is 1.68. The molecule has 0 aliphatic carbocycles. The predicted molar refractivity (Wildman–Crippen MR) is 73.3 cm³/mol. The molecule has 16 heavy (non-hydrogen) atoms. The molecule has 0 saturated heterocycles. The second-order valence-corrected chi connectivity index (χ2v) is 6.03. The normalized spacial score (nSPS) is 10.4. The van der Waals surface area contributed by atoms with Gasteiger partial charge in [0.05, 0.1) is 12.7 Å². The summed E-state index contributed by atoms with van der Waals surface area (Å²) in [5.74, 6) is 0. The minimum Gasteiger partial charge on any atom is -0.378 e. The zero-order valence-electron chi connectivity index (χ0n) is 8.63. The van der Waals surface area contributed by atoms with Crippen molar-refractivity contribution in [2.24, 2.45) is 0 Å². The smallest absolute Gasteiger partial charge is 0.113 e. The van der Waals surface area contributed by atoms with E-state index in [2.05, 4.69) is 45.3 Å². The number of hydrogen-bond donors (Lipinski definition) is 1. The van der Waals surface area contributed by atoms with E-state index in [0.717, 1.165) is 19.5 Å². The number of aromatic nitrogens is 1. The van der Waals surface area contributed by atoms with Gasteiger partial charge in [0.25, 0.3) is 0 Å². The largest absolute Gasteiger partial charge is 0.378 e. The molecule has 2 rings (SSSR count). The van der Waals surface area contributed by atoms with Crippen molar-refractivity contribution in [3.05, 3.63) is 43.8 Å². The molecule has 84 valence electrons. The summed E-state index contributed by atoms with van der Waals surface area (Å²) in [6.45, 7) is 2.78. The van der Waals surface area contributed by atoms with Crippen LogP contribution in [0.2, 0.25) is 4.34 Å². The average Bonchev–Trinajstić information content (AvgIpc) is 2.63. The van der Waals surface area contributed by atoms with Crippen molar-refractivity contribution in [2.45, 2.75) is 13.5 Å². The number of anilines is 1. The number of halogens is 2. The molecule has 1 heterocycles. The maximum absolute atomic E-state index is 5.82. The summed E-state index contributed by atoms with van der Waals surface area (Å²) in [5, 5.41) is 4.33. The molecule has 0 radical (unpaired) electrons. The topological polar surface area (TPSA) is 24.9 Å². The molecule has 1 aromatic carbocycles. The van der Waals surface area contributed by atoms with E-state index in [1.165, 1.54) is 16.9 Å². The van der Waals surface area contributed by atoms with Gasteiger partial charge < -0.3 is 5.32 Å². The van der Waals surface area contributed by atoms with Crippen LogP contribution in [0.4, 0.5) is 5.69 Å². The number of nitrogens with zero attached hydrogens (tertiary/aromatic N) is 1. The molecule has 0 bridgehead atoms. The summed E-state index contributed by atoms with van der Waals surface area (Å²) in [4.78, 5) is 4.19.